The van der Waals surface area contributed by atoms with E-state index in [1.54, 1.807) is 0 Å². The number of carbonyl (C=O) groups excluding carboxylic acids is 2. The van der Waals surface area contributed by atoms with Gasteiger partial charge in [0.1, 0.15) is 6.54 Å². The lowest BCUT2D eigenvalue weighted by Crippen LogP contribution is -2.39. The van der Waals surface area contributed by atoms with Crippen LogP contribution in [0.3, 0.4) is 0 Å². The fourth-order valence-electron chi connectivity index (χ4n) is 1.81. The van der Waals surface area contributed by atoms with Crippen LogP contribution in [0.1, 0.15) is 5.56 Å². The van der Waals surface area contributed by atoms with Gasteiger partial charge in [0.2, 0.25) is 11.8 Å². The molecule has 2 N–H and O–H groups in total. The zero-order chi connectivity index (χ0) is 17.9. The van der Waals surface area contributed by atoms with Crippen LogP contribution in [0.5, 0.6) is 0 Å². The van der Waals surface area contributed by atoms with Crippen LogP contribution in [0.4, 0.5) is 5.69 Å². The molecule has 8 heteroatoms. The Morgan fingerprint density at radius 3 is 2.46 bits per heavy atom. The smallest absolute Gasteiger partial charge is 0.323 e. The number of carboxylic acids is 1. The van der Waals surface area contributed by atoms with Gasteiger partial charge < -0.3 is 20.1 Å². The highest BCUT2D eigenvalue weighted by atomic mass is 32.2. The molecule has 0 aliphatic heterocycles. The molecule has 1 aromatic rings. The quantitative estimate of drug-likeness (QED) is 0.656. The van der Waals surface area contributed by atoms with Gasteiger partial charge in [-0.05, 0) is 19.1 Å². The summed E-state index contributed by atoms with van der Waals surface area (Å²) in [5.41, 5.74) is 1.80. The zero-order valence-corrected chi connectivity index (χ0v) is 14.6. The van der Waals surface area contributed by atoms with Gasteiger partial charge in [-0.1, -0.05) is 17.7 Å². The summed E-state index contributed by atoms with van der Waals surface area (Å²) >= 11 is 1.14. The highest BCUT2D eigenvalue weighted by Crippen LogP contribution is 2.10. The van der Waals surface area contributed by atoms with Crippen molar-refractivity contribution in [2.75, 3.05) is 43.6 Å². The Kier molecular flexibility index (Phi) is 8.88. The third-order valence-corrected chi connectivity index (χ3v) is 3.96. The predicted molar refractivity (Wildman–Crippen MR) is 93.2 cm³/mol. The van der Waals surface area contributed by atoms with Crippen LogP contribution in [0, 0.1) is 6.92 Å². The van der Waals surface area contributed by atoms with Gasteiger partial charge in [0, 0.05) is 19.3 Å². The molecule has 1 rings (SSSR count). The average molecular weight is 354 g/mol. The molecule has 0 fully saturated rings. The molecular formula is C16H22N2O5S. The highest BCUT2D eigenvalue weighted by molar-refractivity contribution is 8.00. The molecule has 0 saturated carbocycles. The number of hydrogen-bond donors (Lipinski definition) is 2. The van der Waals surface area contributed by atoms with Crippen molar-refractivity contribution in [1.29, 1.82) is 0 Å². The van der Waals surface area contributed by atoms with Crippen molar-refractivity contribution in [3.8, 4) is 0 Å². The summed E-state index contributed by atoms with van der Waals surface area (Å²) in [4.78, 5) is 35.8. The first-order chi connectivity index (χ1) is 11.4. The largest absolute Gasteiger partial charge is 0.480 e. The van der Waals surface area contributed by atoms with E-state index in [2.05, 4.69) is 5.32 Å². The first-order valence-corrected chi connectivity index (χ1v) is 8.50. The summed E-state index contributed by atoms with van der Waals surface area (Å²) in [6, 6.07) is 7.41. The summed E-state index contributed by atoms with van der Waals surface area (Å²) in [5, 5.41) is 11.6. The maximum atomic E-state index is 12.0. The number of hydrogen-bond acceptors (Lipinski definition) is 5. The fraction of sp³-hybridized carbons (Fsp3) is 0.438. The van der Waals surface area contributed by atoms with Crippen LogP contribution in [0.25, 0.3) is 0 Å². The van der Waals surface area contributed by atoms with Gasteiger partial charge in [-0.2, -0.15) is 0 Å². The van der Waals surface area contributed by atoms with E-state index in [0.717, 1.165) is 17.3 Å². The Labute approximate surface area is 145 Å². The van der Waals surface area contributed by atoms with Crippen LogP contribution in [0.15, 0.2) is 24.3 Å². The second kappa shape index (κ2) is 10.7. The molecule has 0 unspecified atom stereocenters. The van der Waals surface area contributed by atoms with E-state index in [4.69, 9.17) is 9.84 Å². The van der Waals surface area contributed by atoms with E-state index in [1.165, 1.54) is 12.0 Å². The maximum Gasteiger partial charge on any atom is 0.323 e. The molecule has 0 heterocycles. The Morgan fingerprint density at radius 2 is 1.88 bits per heavy atom. The molecule has 0 aromatic heterocycles. The topological polar surface area (TPSA) is 95.9 Å². The number of thioether (sulfide) groups is 1. The minimum absolute atomic E-state index is 0.0400. The van der Waals surface area contributed by atoms with Gasteiger partial charge in [-0.3, -0.25) is 14.4 Å². The summed E-state index contributed by atoms with van der Waals surface area (Å²) in [6.07, 6.45) is 0. The number of amides is 2. The molecule has 0 bridgehead atoms. The van der Waals surface area contributed by atoms with Crippen LogP contribution < -0.4 is 5.32 Å². The molecule has 2 amide bonds. The van der Waals surface area contributed by atoms with Gasteiger partial charge in [-0.25, -0.2) is 0 Å². The number of benzene rings is 1. The van der Waals surface area contributed by atoms with E-state index < -0.39 is 5.97 Å². The Balaban J connectivity index is 2.37. The fourth-order valence-corrected chi connectivity index (χ4v) is 2.53. The lowest BCUT2D eigenvalue weighted by Gasteiger charge is -2.20. The molecule has 0 aliphatic carbocycles. The van der Waals surface area contributed by atoms with Gasteiger partial charge in [0.15, 0.2) is 0 Å². The summed E-state index contributed by atoms with van der Waals surface area (Å²) < 4.78 is 4.86. The molecule has 1 aromatic carbocycles. The minimum Gasteiger partial charge on any atom is -0.480 e. The summed E-state index contributed by atoms with van der Waals surface area (Å²) in [7, 11) is 1.48. The first kappa shape index (κ1) is 20.0. The normalized spacial score (nSPS) is 10.2. The second-order valence-electron chi connectivity index (χ2n) is 5.11. The van der Waals surface area contributed by atoms with Crippen molar-refractivity contribution in [3.63, 3.8) is 0 Å². The monoisotopic (exact) mass is 354 g/mol. The standard InChI is InChI=1S/C16H22N2O5S/c1-12-3-5-13(6-4-12)17-14(19)10-24-11-15(20)18(7-8-23-2)9-16(21)22/h3-6H,7-11H2,1-2H3,(H,17,19)(H,21,22). The van der Waals surface area contributed by atoms with Gasteiger partial charge >= 0.3 is 5.97 Å². The Morgan fingerprint density at radius 1 is 1.21 bits per heavy atom. The third-order valence-electron chi connectivity index (χ3n) is 3.04. The van der Waals surface area contributed by atoms with Crippen LogP contribution >= 0.6 is 11.8 Å². The molecule has 0 spiro atoms. The minimum atomic E-state index is -1.08. The molecule has 24 heavy (non-hydrogen) atoms. The maximum absolute atomic E-state index is 12.0. The van der Waals surface area contributed by atoms with E-state index in [1.807, 2.05) is 31.2 Å². The van der Waals surface area contributed by atoms with Crippen molar-refractivity contribution in [3.05, 3.63) is 29.8 Å². The SMILES string of the molecule is COCCN(CC(=O)O)C(=O)CSCC(=O)Nc1ccc(C)cc1. The van der Waals surface area contributed by atoms with Crippen molar-refractivity contribution < 1.29 is 24.2 Å². The molecule has 0 radical (unpaired) electrons. The van der Waals surface area contributed by atoms with Crippen molar-refractivity contribution >= 4 is 35.2 Å². The van der Waals surface area contributed by atoms with Crippen molar-refractivity contribution in [2.45, 2.75) is 6.92 Å². The molecule has 0 aliphatic rings. The molecule has 0 atom stereocenters. The predicted octanol–water partition coefficient (Wildman–Crippen LogP) is 1.23. The number of ether oxygens (including phenoxy) is 1. The number of carbonyl (C=O) groups is 3. The van der Waals surface area contributed by atoms with Gasteiger partial charge in [0.05, 0.1) is 18.1 Å². The van der Waals surface area contributed by atoms with E-state index in [9.17, 15) is 14.4 Å². The van der Waals surface area contributed by atoms with Crippen LogP contribution in [-0.4, -0.2) is 66.1 Å². The molecule has 7 nitrogen and oxygen atoms in total. The molecule has 132 valence electrons. The van der Waals surface area contributed by atoms with Crippen LogP contribution in [-0.2, 0) is 19.1 Å². The lowest BCUT2D eigenvalue weighted by molar-refractivity contribution is -0.143. The number of rotatable bonds is 10. The molecular weight excluding hydrogens is 332 g/mol. The highest BCUT2D eigenvalue weighted by Gasteiger charge is 2.17. The number of aliphatic carboxylic acids is 1. The van der Waals surface area contributed by atoms with E-state index in [0.29, 0.717) is 5.69 Å². The van der Waals surface area contributed by atoms with Gasteiger partial charge in [0.25, 0.3) is 0 Å². The number of carboxylic acid groups (broad SMARTS) is 1. The number of aryl methyl sites for hydroxylation is 1. The van der Waals surface area contributed by atoms with E-state index in [-0.39, 0.29) is 43.0 Å². The number of anilines is 1. The number of methoxy groups -OCH3 is 1. The van der Waals surface area contributed by atoms with Crippen molar-refractivity contribution in [2.24, 2.45) is 0 Å². The van der Waals surface area contributed by atoms with Gasteiger partial charge in [-0.15, -0.1) is 11.8 Å². The average Bonchev–Trinajstić information content (AvgIpc) is 2.53. The van der Waals surface area contributed by atoms with Crippen molar-refractivity contribution in [1.82, 2.24) is 4.90 Å². The second-order valence-corrected chi connectivity index (χ2v) is 6.09. The molecule has 0 saturated heterocycles. The van der Waals surface area contributed by atoms with Crippen LogP contribution in [0.2, 0.25) is 0 Å². The summed E-state index contributed by atoms with van der Waals surface area (Å²) in [5.74, 6) is -1.47. The Hall–Kier alpha value is -2.06. The first-order valence-electron chi connectivity index (χ1n) is 7.35. The number of nitrogens with zero attached hydrogens (tertiary/aromatic N) is 1. The lowest BCUT2D eigenvalue weighted by atomic mass is 10.2. The van der Waals surface area contributed by atoms with E-state index >= 15 is 0 Å². The third kappa shape index (κ3) is 7.98. The summed E-state index contributed by atoms with van der Waals surface area (Å²) in [6.45, 7) is 2.05. The number of nitrogens with one attached hydrogen (secondary N) is 1. The zero-order valence-electron chi connectivity index (χ0n) is 13.8. The Bertz CT molecular complexity index is 562.